The molecule has 1 aromatic carbocycles. The quantitative estimate of drug-likeness (QED) is 0.746. The highest BCUT2D eigenvalue weighted by atomic mass is 16.2. The summed E-state index contributed by atoms with van der Waals surface area (Å²) in [7, 11) is 0. The number of carbonyl (C=O) groups is 2. The number of aromatic nitrogens is 3. The molecule has 0 bridgehead atoms. The summed E-state index contributed by atoms with van der Waals surface area (Å²) >= 11 is 0. The molecule has 1 aliphatic rings. The van der Waals surface area contributed by atoms with Crippen LogP contribution in [0.1, 0.15) is 34.9 Å². The van der Waals surface area contributed by atoms with E-state index in [9.17, 15) is 9.59 Å². The van der Waals surface area contributed by atoms with E-state index < -0.39 is 0 Å². The Labute approximate surface area is 155 Å². The SMILES string of the molecule is O=C1CCC(c2cccc(NC(=O)c3ccnc(-c4cccnc4)n3)c2)N1. The summed E-state index contributed by atoms with van der Waals surface area (Å²) in [5.41, 5.74) is 2.63. The molecule has 134 valence electrons. The second-order valence-corrected chi connectivity index (χ2v) is 6.25. The van der Waals surface area contributed by atoms with E-state index >= 15 is 0 Å². The van der Waals surface area contributed by atoms with Crippen molar-refractivity contribution in [3.8, 4) is 11.4 Å². The minimum atomic E-state index is -0.324. The zero-order chi connectivity index (χ0) is 18.6. The van der Waals surface area contributed by atoms with Gasteiger partial charge in [0, 0.05) is 36.3 Å². The molecule has 0 aliphatic carbocycles. The Morgan fingerprint density at radius 2 is 2.07 bits per heavy atom. The zero-order valence-corrected chi connectivity index (χ0v) is 14.4. The molecule has 27 heavy (non-hydrogen) atoms. The van der Waals surface area contributed by atoms with Crippen molar-refractivity contribution in [1.29, 1.82) is 0 Å². The number of pyridine rings is 1. The van der Waals surface area contributed by atoms with Crippen LogP contribution in [-0.4, -0.2) is 26.8 Å². The van der Waals surface area contributed by atoms with Crippen molar-refractivity contribution in [3.05, 3.63) is 72.3 Å². The van der Waals surface area contributed by atoms with Crippen LogP contribution in [0.15, 0.2) is 61.1 Å². The molecule has 7 nitrogen and oxygen atoms in total. The summed E-state index contributed by atoms with van der Waals surface area (Å²) in [6, 6.07) is 12.7. The van der Waals surface area contributed by atoms with Gasteiger partial charge in [-0.25, -0.2) is 9.97 Å². The summed E-state index contributed by atoms with van der Waals surface area (Å²) in [6.45, 7) is 0. The van der Waals surface area contributed by atoms with Gasteiger partial charge < -0.3 is 10.6 Å². The summed E-state index contributed by atoms with van der Waals surface area (Å²) < 4.78 is 0. The van der Waals surface area contributed by atoms with E-state index in [1.165, 1.54) is 0 Å². The Bertz CT molecular complexity index is 990. The van der Waals surface area contributed by atoms with Crippen LogP contribution in [0.5, 0.6) is 0 Å². The first-order chi connectivity index (χ1) is 13.2. The van der Waals surface area contributed by atoms with Crippen molar-refractivity contribution >= 4 is 17.5 Å². The van der Waals surface area contributed by atoms with Crippen molar-refractivity contribution < 1.29 is 9.59 Å². The van der Waals surface area contributed by atoms with E-state index in [0.29, 0.717) is 17.9 Å². The molecule has 0 radical (unpaired) electrons. The second-order valence-electron chi connectivity index (χ2n) is 6.25. The summed E-state index contributed by atoms with van der Waals surface area (Å²) in [6.07, 6.45) is 6.15. The molecule has 1 unspecified atom stereocenters. The van der Waals surface area contributed by atoms with E-state index in [-0.39, 0.29) is 23.6 Å². The first-order valence-corrected chi connectivity index (χ1v) is 8.63. The van der Waals surface area contributed by atoms with Crippen LogP contribution in [0.2, 0.25) is 0 Å². The standard InChI is InChI=1S/C20H17N5O2/c26-18-7-6-16(24-18)13-3-1-5-15(11-13)23-20(27)17-8-10-22-19(25-17)14-4-2-9-21-12-14/h1-5,8-12,16H,6-7H2,(H,23,27)(H,24,26). The van der Waals surface area contributed by atoms with Gasteiger partial charge >= 0.3 is 0 Å². The molecule has 7 heteroatoms. The fraction of sp³-hybridized carbons (Fsp3) is 0.150. The van der Waals surface area contributed by atoms with Gasteiger partial charge in [0.25, 0.3) is 5.91 Å². The van der Waals surface area contributed by atoms with Crippen LogP contribution in [0.3, 0.4) is 0 Å². The predicted molar refractivity (Wildman–Crippen MR) is 99.8 cm³/mol. The van der Waals surface area contributed by atoms with Crippen LogP contribution in [-0.2, 0) is 4.79 Å². The van der Waals surface area contributed by atoms with Gasteiger partial charge in [0.15, 0.2) is 5.82 Å². The number of hydrogen-bond donors (Lipinski definition) is 2. The molecule has 3 aromatic rings. The lowest BCUT2D eigenvalue weighted by Gasteiger charge is -2.12. The topological polar surface area (TPSA) is 96.9 Å². The minimum Gasteiger partial charge on any atom is -0.349 e. The maximum atomic E-state index is 12.6. The largest absolute Gasteiger partial charge is 0.349 e. The van der Waals surface area contributed by atoms with Crippen LogP contribution < -0.4 is 10.6 Å². The lowest BCUT2D eigenvalue weighted by atomic mass is 10.0. The van der Waals surface area contributed by atoms with Crippen molar-refractivity contribution in [3.63, 3.8) is 0 Å². The number of anilines is 1. The lowest BCUT2D eigenvalue weighted by molar-refractivity contribution is -0.119. The van der Waals surface area contributed by atoms with E-state index in [4.69, 9.17) is 0 Å². The van der Waals surface area contributed by atoms with Crippen molar-refractivity contribution in [2.45, 2.75) is 18.9 Å². The lowest BCUT2D eigenvalue weighted by Crippen LogP contribution is -2.19. The average molecular weight is 359 g/mol. The minimum absolute atomic E-state index is 0.00872. The monoisotopic (exact) mass is 359 g/mol. The smallest absolute Gasteiger partial charge is 0.274 e. The maximum Gasteiger partial charge on any atom is 0.274 e. The first kappa shape index (κ1) is 16.8. The molecule has 1 fully saturated rings. The molecule has 0 saturated carbocycles. The molecule has 1 saturated heterocycles. The number of rotatable bonds is 4. The Morgan fingerprint density at radius 1 is 1.15 bits per heavy atom. The Hall–Kier alpha value is -3.61. The molecule has 1 atom stereocenters. The van der Waals surface area contributed by atoms with Gasteiger partial charge in [-0.15, -0.1) is 0 Å². The van der Waals surface area contributed by atoms with Gasteiger partial charge in [-0.3, -0.25) is 14.6 Å². The molecule has 2 aromatic heterocycles. The van der Waals surface area contributed by atoms with Gasteiger partial charge in [0.2, 0.25) is 5.91 Å². The number of amides is 2. The molecule has 3 heterocycles. The third kappa shape index (κ3) is 3.82. The molecule has 2 N–H and O–H groups in total. The molecule has 1 aliphatic heterocycles. The van der Waals surface area contributed by atoms with E-state index in [2.05, 4.69) is 25.6 Å². The maximum absolute atomic E-state index is 12.6. The third-order valence-corrected chi connectivity index (χ3v) is 4.35. The van der Waals surface area contributed by atoms with Gasteiger partial charge in [0.1, 0.15) is 5.69 Å². The van der Waals surface area contributed by atoms with Gasteiger partial charge in [-0.2, -0.15) is 0 Å². The zero-order valence-electron chi connectivity index (χ0n) is 14.4. The van der Waals surface area contributed by atoms with Gasteiger partial charge in [-0.1, -0.05) is 12.1 Å². The fourth-order valence-corrected chi connectivity index (χ4v) is 3.01. The highest BCUT2D eigenvalue weighted by molar-refractivity contribution is 6.03. The van der Waals surface area contributed by atoms with E-state index in [1.54, 1.807) is 36.8 Å². The van der Waals surface area contributed by atoms with E-state index in [1.807, 2.05) is 24.3 Å². The third-order valence-electron chi connectivity index (χ3n) is 4.35. The number of nitrogens with zero attached hydrogens (tertiary/aromatic N) is 3. The summed E-state index contributed by atoms with van der Waals surface area (Å²) in [5, 5.41) is 5.78. The van der Waals surface area contributed by atoms with Gasteiger partial charge in [0.05, 0.1) is 6.04 Å². The first-order valence-electron chi connectivity index (χ1n) is 8.63. The Balaban J connectivity index is 1.52. The van der Waals surface area contributed by atoms with Crippen LogP contribution in [0.25, 0.3) is 11.4 Å². The number of carbonyl (C=O) groups excluding carboxylic acids is 2. The van der Waals surface area contributed by atoms with Gasteiger partial charge in [-0.05, 0) is 42.3 Å². The van der Waals surface area contributed by atoms with Crippen molar-refractivity contribution in [2.75, 3.05) is 5.32 Å². The van der Waals surface area contributed by atoms with Crippen LogP contribution in [0, 0.1) is 0 Å². The van der Waals surface area contributed by atoms with Crippen molar-refractivity contribution in [1.82, 2.24) is 20.3 Å². The van der Waals surface area contributed by atoms with Crippen LogP contribution >= 0.6 is 0 Å². The molecule has 4 rings (SSSR count). The molecule has 0 spiro atoms. The predicted octanol–water partition coefficient (Wildman–Crippen LogP) is 2.74. The highest BCUT2D eigenvalue weighted by Gasteiger charge is 2.22. The summed E-state index contributed by atoms with van der Waals surface area (Å²) in [5.74, 6) is 0.173. The summed E-state index contributed by atoms with van der Waals surface area (Å²) in [4.78, 5) is 36.6. The van der Waals surface area contributed by atoms with Crippen molar-refractivity contribution in [2.24, 2.45) is 0 Å². The number of nitrogens with one attached hydrogen (secondary N) is 2. The van der Waals surface area contributed by atoms with E-state index in [0.717, 1.165) is 17.5 Å². The Morgan fingerprint density at radius 3 is 2.85 bits per heavy atom. The average Bonchev–Trinajstić information content (AvgIpc) is 3.15. The highest BCUT2D eigenvalue weighted by Crippen LogP contribution is 2.25. The molecule has 2 amide bonds. The number of benzene rings is 1. The Kier molecular flexibility index (Phi) is 4.57. The number of hydrogen-bond acceptors (Lipinski definition) is 5. The van der Waals surface area contributed by atoms with Crippen LogP contribution in [0.4, 0.5) is 5.69 Å². The molecular formula is C20H17N5O2. The molecular weight excluding hydrogens is 342 g/mol. The second kappa shape index (κ2) is 7.33. The normalized spacial score (nSPS) is 16.0. The fourth-order valence-electron chi connectivity index (χ4n) is 3.01.